The number of urea groups is 1. The molecule has 0 heterocycles. The molecule has 0 aromatic rings. The van der Waals surface area contributed by atoms with Gasteiger partial charge in [0.1, 0.15) is 0 Å². The summed E-state index contributed by atoms with van der Waals surface area (Å²) < 4.78 is 0. The Morgan fingerprint density at radius 2 is 1.07 bits per heavy atom. The normalized spacial score (nSPS) is 6.00. The van der Waals surface area contributed by atoms with Gasteiger partial charge in [0.05, 0.1) is 10.2 Å². The minimum atomic E-state index is -1.75. The largest absolute Gasteiger partial charge is 2.00 e. The maximum absolute atomic E-state index is 9.71. The standard InChI is InChI=1S/CH6N4O.2NO3.Ni/c2-4-1(6)5-3;2*2-1(3)4;/h2-3H2,(H2,4,5,6);;;/q;2*-1;+2. The summed E-state index contributed by atoms with van der Waals surface area (Å²) in [5.74, 6) is 9.08. The van der Waals surface area contributed by atoms with E-state index in [0.29, 0.717) is 0 Å². The Morgan fingerprint density at radius 3 is 1.07 bits per heavy atom. The molecule has 0 aromatic heterocycles. The van der Waals surface area contributed by atoms with Crippen LogP contribution in [0, 0.1) is 30.6 Å². The zero-order valence-electron chi connectivity index (χ0n) is 6.72. The van der Waals surface area contributed by atoms with E-state index in [2.05, 4.69) is 11.7 Å². The molecule has 0 aliphatic rings. The summed E-state index contributed by atoms with van der Waals surface area (Å²) in [5, 5.41) is 29.5. The van der Waals surface area contributed by atoms with E-state index in [1.54, 1.807) is 10.9 Å². The Balaban J connectivity index is -0.0000000606. The van der Waals surface area contributed by atoms with Gasteiger partial charge in [0.25, 0.3) is 0 Å². The van der Waals surface area contributed by atoms with Crippen LogP contribution in [0.3, 0.4) is 0 Å². The van der Waals surface area contributed by atoms with Crippen LogP contribution in [0.2, 0.25) is 0 Å². The van der Waals surface area contributed by atoms with Crippen molar-refractivity contribution in [3.8, 4) is 0 Å². The number of carbonyl (C=O) groups is 1. The van der Waals surface area contributed by atoms with Crippen molar-refractivity contribution < 1.29 is 31.5 Å². The van der Waals surface area contributed by atoms with Crippen LogP contribution >= 0.6 is 0 Å². The summed E-state index contributed by atoms with van der Waals surface area (Å²) in [6, 6.07) is -0.602. The van der Waals surface area contributed by atoms with Crippen molar-refractivity contribution in [3.63, 3.8) is 0 Å². The van der Waals surface area contributed by atoms with Crippen LogP contribution < -0.4 is 22.5 Å². The van der Waals surface area contributed by atoms with Gasteiger partial charge in [-0.15, -0.1) is 0 Å². The minimum Gasteiger partial charge on any atom is -0.356 e. The van der Waals surface area contributed by atoms with Gasteiger partial charge in [-0.25, -0.2) is 16.5 Å². The molecule has 0 aliphatic carbocycles. The number of nitrogens with zero attached hydrogens (tertiary/aromatic N) is 2. The maximum Gasteiger partial charge on any atom is 2.00 e. The van der Waals surface area contributed by atoms with Crippen LogP contribution in [-0.2, 0) is 16.5 Å². The van der Waals surface area contributed by atoms with Gasteiger partial charge < -0.3 is 30.6 Å². The Kier molecular flexibility index (Phi) is 27.8. The second kappa shape index (κ2) is 18.0. The van der Waals surface area contributed by atoms with E-state index in [1.165, 1.54) is 0 Å². The van der Waals surface area contributed by atoms with Crippen molar-refractivity contribution in [3.05, 3.63) is 30.6 Å². The molecular formula is CH6N6NiO7. The summed E-state index contributed by atoms with van der Waals surface area (Å²) in [6.07, 6.45) is 0. The first-order valence-corrected chi connectivity index (χ1v) is 2.38. The van der Waals surface area contributed by atoms with Crippen molar-refractivity contribution in [1.82, 2.24) is 10.9 Å². The third-order valence-corrected chi connectivity index (χ3v) is 0.262. The monoisotopic (exact) mass is 272 g/mol. The number of nitrogens with one attached hydrogen (secondary N) is 2. The SMILES string of the molecule is NNC(=O)NN.O=[N+]([O-])[O-].O=[N+]([O-])[O-].[Ni+2]. The summed E-state index contributed by atoms with van der Waals surface area (Å²) >= 11 is 0. The van der Waals surface area contributed by atoms with E-state index >= 15 is 0 Å². The third-order valence-electron chi connectivity index (χ3n) is 0.262. The molecule has 0 atom stereocenters. The molecule has 15 heavy (non-hydrogen) atoms. The van der Waals surface area contributed by atoms with E-state index in [-0.39, 0.29) is 16.5 Å². The molecule has 92 valence electrons. The van der Waals surface area contributed by atoms with Crippen LogP contribution in [0.15, 0.2) is 0 Å². The van der Waals surface area contributed by atoms with E-state index in [0.717, 1.165) is 0 Å². The minimum absolute atomic E-state index is 0. The number of hydrogen-bond donors (Lipinski definition) is 4. The zero-order chi connectivity index (χ0) is 12.1. The molecule has 14 heteroatoms. The molecule has 0 radical (unpaired) electrons. The smallest absolute Gasteiger partial charge is 0.356 e. The summed E-state index contributed by atoms with van der Waals surface area (Å²) in [4.78, 5) is 26.2. The summed E-state index contributed by atoms with van der Waals surface area (Å²) in [5.41, 5.74) is 3.48. The quantitative estimate of drug-likeness (QED) is 0.120. The van der Waals surface area contributed by atoms with Crippen molar-refractivity contribution in [2.45, 2.75) is 0 Å². The molecule has 13 nitrogen and oxygen atoms in total. The summed E-state index contributed by atoms with van der Waals surface area (Å²) in [7, 11) is 0. The maximum atomic E-state index is 9.71. The fourth-order valence-corrected chi connectivity index (χ4v) is 0.0417. The van der Waals surface area contributed by atoms with Crippen molar-refractivity contribution in [1.29, 1.82) is 0 Å². The van der Waals surface area contributed by atoms with Crippen LogP contribution in [0.5, 0.6) is 0 Å². The first kappa shape index (κ1) is 23.2. The van der Waals surface area contributed by atoms with Crippen molar-refractivity contribution in [2.24, 2.45) is 11.7 Å². The van der Waals surface area contributed by atoms with E-state index in [4.69, 9.17) is 30.6 Å². The number of hydrazine groups is 2. The molecule has 0 bridgehead atoms. The van der Waals surface area contributed by atoms with Crippen molar-refractivity contribution in [2.75, 3.05) is 0 Å². The molecular weight excluding hydrogens is 267 g/mol. The van der Waals surface area contributed by atoms with E-state index in [1.807, 2.05) is 0 Å². The second-order valence-electron chi connectivity index (χ2n) is 1.07. The first-order chi connectivity index (χ1) is 6.27. The molecule has 0 spiro atoms. The third kappa shape index (κ3) is 283. The van der Waals surface area contributed by atoms with Gasteiger partial charge in [-0.05, 0) is 0 Å². The number of hydrogen-bond acceptors (Lipinski definition) is 9. The number of carbonyl (C=O) groups excluding carboxylic acids is 1. The molecule has 0 saturated heterocycles. The van der Waals surface area contributed by atoms with Crippen LogP contribution in [-0.4, -0.2) is 16.2 Å². The van der Waals surface area contributed by atoms with Gasteiger partial charge in [0, 0.05) is 0 Å². The predicted molar refractivity (Wildman–Crippen MR) is 40.8 cm³/mol. The van der Waals surface area contributed by atoms with E-state index < -0.39 is 16.2 Å². The van der Waals surface area contributed by atoms with Gasteiger partial charge >= 0.3 is 22.5 Å². The van der Waals surface area contributed by atoms with Crippen LogP contribution in [0.25, 0.3) is 0 Å². The van der Waals surface area contributed by atoms with Crippen LogP contribution in [0.1, 0.15) is 0 Å². The molecule has 0 aliphatic heterocycles. The fourth-order valence-electron chi connectivity index (χ4n) is 0.0417. The first-order valence-electron chi connectivity index (χ1n) is 2.38. The average Bonchev–Trinajstić information content (AvgIpc) is 2.01. The topological polar surface area (TPSA) is 226 Å². The molecule has 0 saturated carbocycles. The molecule has 6 N–H and O–H groups in total. The van der Waals surface area contributed by atoms with E-state index in [9.17, 15) is 4.79 Å². The Hall–Kier alpha value is -1.92. The zero-order valence-corrected chi connectivity index (χ0v) is 7.71. The number of amides is 2. The molecule has 0 rings (SSSR count). The van der Waals surface area contributed by atoms with Crippen LogP contribution in [0.4, 0.5) is 4.79 Å². The molecule has 0 unspecified atom stereocenters. The Bertz CT molecular complexity index is 158. The molecule has 0 fully saturated rings. The van der Waals surface area contributed by atoms with Gasteiger partial charge in [-0.1, -0.05) is 0 Å². The number of nitrogens with two attached hydrogens (primary N) is 2. The number of rotatable bonds is 0. The van der Waals surface area contributed by atoms with Gasteiger partial charge in [0.2, 0.25) is 0 Å². The van der Waals surface area contributed by atoms with Gasteiger partial charge in [-0.3, -0.25) is 10.9 Å². The Labute approximate surface area is 91.5 Å². The fraction of sp³-hybridized carbons (Fsp3) is 0. The molecule has 2 amide bonds. The second-order valence-corrected chi connectivity index (χ2v) is 1.07. The molecule has 0 aromatic carbocycles. The average molecular weight is 273 g/mol. The van der Waals surface area contributed by atoms with Crippen molar-refractivity contribution >= 4 is 6.03 Å². The predicted octanol–water partition coefficient (Wildman–Crippen LogP) is -2.45. The van der Waals surface area contributed by atoms with Gasteiger partial charge in [-0.2, -0.15) is 0 Å². The summed E-state index contributed by atoms with van der Waals surface area (Å²) in [6.45, 7) is 0. The Morgan fingerprint density at radius 1 is 0.933 bits per heavy atom. The van der Waals surface area contributed by atoms with Gasteiger partial charge in [0.15, 0.2) is 0 Å².